The van der Waals surface area contributed by atoms with E-state index in [9.17, 15) is 22.8 Å². The fourth-order valence-corrected chi connectivity index (χ4v) is 4.56. The third-order valence-electron chi connectivity index (χ3n) is 6.25. The van der Waals surface area contributed by atoms with Crippen molar-refractivity contribution in [2.45, 2.75) is 24.7 Å². The lowest BCUT2D eigenvalue weighted by atomic mass is 9.91. The number of carboxylic acids is 1. The van der Waals surface area contributed by atoms with Crippen LogP contribution in [0.4, 0.5) is 13.2 Å². The molecule has 1 aliphatic rings. The molecule has 1 saturated carbocycles. The molecular formula is C25H16ClF3N2O3. The van der Waals surface area contributed by atoms with Gasteiger partial charge >= 0.3 is 5.97 Å². The lowest BCUT2D eigenvalue weighted by Crippen LogP contribution is -2.23. The van der Waals surface area contributed by atoms with E-state index in [4.69, 9.17) is 16.7 Å². The quantitative estimate of drug-likeness (QED) is 0.367. The fraction of sp³-hybridized carbons (Fsp3) is 0.160. The third kappa shape index (κ3) is 3.37. The van der Waals surface area contributed by atoms with Crippen molar-refractivity contribution >= 4 is 34.5 Å². The molecule has 9 heteroatoms. The van der Waals surface area contributed by atoms with Crippen molar-refractivity contribution in [3.63, 3.8) is 0 Å². The monoisotopic (exact) mass is 484 g/mol. The molecule has 1 aliphatic carbocycles. The van der Waals surface area contributed by atoms with Gasteiger partial charge in [-0.05, 0) is 48.7 Å². The lowest BCUT2D eigenvalue weighted by Gasteiger charge is -2.19. The van der Waals surface area contributed by atoms with E-state index in [1.165, 1.54) is 47.3 Å². The first-order chi connectivity index (χ1) is 16.2. The van der Waals surface area contributed by atoms with Gasteiger partial charge in [0.15, 0.2) is 0 Å². The molecule has 5 rings (SSSR count). The van der Waals surface area contributed by atoms with Gasteiger partial charge in [0.25, 0.3) is 5.91 Å². The minimum Gasteiger partial charge on any atom is -0.478 e. The Morgan fingerprint density at radius 3 is 2.50 bits per heavy atom. The number of benzene rings is 2. The maximum absolute atomic E-state index is 14.8. The van der Waals surface area contributed by atoms with Crippen LogP contribution in [-0.4, -0.2) is 33.0 Å². The highest BCUT2D eigenvalue weighted by Crippen LogP contribution is 2.54. The molecule has 2 aromatic heterocycles. The number of rotatable bonds is 5. The van der Waals surface area contributed by atoms with E-state index in [-0.39, 0.29) is 45.7 Å². The number of hydrogen-bond donors (Lipinski definition) is 1. The van der Waals surface area contributed by atoms with Crippen molar-refractivity contribution in [3.05, 3.63) is 88.5 Å². The summed E-state index contributed by atoms with van der Waals surface area (Å²) in [6.45, 7) is 0. The molecule has 5 nitrogen and oxygen atoms in total. The molecule has 0 saturated heterocycles. The van der Waals surface area contributed by atoms with Crippen molar-refractivity contribution in [2.75, 3.05) is 0 Å². The molecule has 34 heavy (non-hydrogen) atoms. The van der Waals surface area contributed by atoms with E-state index in [1.54, 1.807) is 12.1 Å². The van der Waals surface area contributed by atoms with E-state index in [0.29, 0.717) is 11.0 Å². The summed E-state index contributed by atoms with van der Waals surface area (Å²) >= 11 is 6.35. The highest BCUT2D eigenvalue weighted by atomic mass is 35.5. The Hall–Kier alpha value is -3.65. The fourth-order valence-electron chi connectivity index (χ4n) is 4.31. The first-order valence-corrected chi connectivity index (χ1v) is 10.7. The first kappa shape index (κ1) is 22.2. The summed E-state index contributed by atoms with van der Waals surface area (Å²) < 4.78 is 43.9. The molecule has 2 heterocycles. The van der Waals surface area contributed by atoms with Gasteiger partial charge in [0.1, 0.15) is 5.82 Å². The lowest BCUT2D eigenvalue weighted by molar-refractivity contribution is 0.0696. The van der Waals surface area contributed by atoms with Crippen LogP contribution < -0.4 is 0 Å². The Morgan fingerprint density at radius 1 is 1.09 bits per heavy atom. The van der Waals surface area contributed by atoms with Crippen LogP contribution in [0.3, 0.4) is 0 Å². The smallest absolute Gasteiger partial charge is 0.335 e. The largest absolute Gasteiger partial charge is 0.478 e. The Labute approximate surface area is 196 Å². The first-order valence-electron chi connectivity index (χ1n) is 10.4. The van der Waals surface area contributed by atoms with Crippen LogP contribution in [-0.2, 0) is 5.41 Å². The van der Waals surface area contributed by atoms with E-state index in [1.807, 2.05) is 0 Å². The van der Waals surface area contributed by atoms with Gasteiger partial charge < -0.3 is 5.11 Å². The molecule has 0 spiro atoms. The van der Waals surface area contributed by atoms with Crippen molar-refractivity contribution in [1.82, 2.24) is 9.55 Å². The number of carbonyl (C=O) groups is 2. The predicted molar refractivity (Wildman–Crippen MR) is 120 cm³/mol. The Morgan fingerprint density at radius 2 is 1.85 bits per heavy atom. The molecule has 0 unspecified atom stereocenters. The van der Waals surface area contributed by atoms with Crippen LogP contribution >= 0.6 is 11.6 Å². The van der Waals surface area contributed by atoms with Crippen LogP contribution in [0.5, 0.6) is 0 Å². The summed E-state index contributed by atoms with van der Waals surface area (Å²) in [5.41, 5.74) is -0.568. The minimum atomic E-state index is -2.65. The number of alkyl halides is 2. The molecule has 0 aliphatic heterocycles. The van der Waals surface area contributed by atoms with Crippen LogP contribution in [0.15, 0.2) is 60.9 Å². The van der Waals surface area contributed by atoms with Gasteiger partial charge in [0.05, 0.1) is 32.6 Å². The zero-order valence-corrected chi connectivity index (χ0v) is 18.2. The summed E-state index contributed by atoms with van der Waals surface area (Å²) in [4.78, 5) is 29.2. The van der Waals surface area contributed by atoms with E-state index >= 15 is 0 Å². The topological polar surface area (TPSA) is 72.2 Å². The molecule has 0 radical (unpaired) electrons. The number of nitrogens with zero attached hydrogens (tertiary/aromatic N) is 2. The van der Waals surface area contributed by atoms with Crippen LogP contribution in [0.1, 0.15) is 39.1 Å². The van der Waals surface area contributed by atoms with Crippen molar-refractivity contribution < 1.29 is 27.9 Å². The van der Waals surface area contributed by atoms with Crippen molar-refractivity contribution in [3.8, 4) is 11.1 Å². The molecule has 1 fully saturated rings. The second kappa shape index (κ2) is 7.99. The number of carboxylic acid groups (broad SMARTS) is 1. The number of halogens is 4. The molecule has 172 valence electrons. The summed E-state index contributed by atoms with van der Waals surface area (Å²) in [6, 6.07) is 11.1. The number of aromatic carboxylic acids is 1. The Balaban J connectivity index is 1.70. The molecule has 0 bridgehead atoms. The summed E-state index contributed by atoms with van der Waals surface area (Å²) in [6.07, 6.45) is 0.671. The Kier molecular flexibility index (Phi) is 5.20. The highest BCUT2D eigenvalue weighted by molar-refractivity contribution is 6.34. The number of carbonyl (C=O) groups excluding carboxylic acids is 1. The van der Waals surface area contributed by atoms with Crippen molar-refractivity contribution in [2.24, 2.45) is 0 Å². The van der Waals surface area contributed by atoms with Gasteiger partial charge in [-0.15, -0.1) is 0 Å². The zero-order valence-electron chi connectivity index (χ0n) is 17.4. The SMILES string of the molecule is O=C(O)c1ccc(-c2cn(C(=O)c3c(Cl)cccc3C3(C(F)F)CC3)c3cccnc23)c(F)c1. The van der Waals surface area contributed by atoms with Gasteiger partial charge in [-0.3, -0.25) is 14.3 Å². The number of fused-ring (bicyclic) bond motifs is 1. The van der Waals surface area contributed by atoms with E-state index in [0.717, 1.165) is 6.07 Å². The van der Waals surface area contributed by atoms with Crippen LogP contribution in [0, 0.1) is 5.82 Å². The third-order valence-corrected chi connectivity index (χ3v) is 6.57. The van der Waals surface area contributed by atoms with Crippen LogP contribution in [0.2, 0.25) is 5.02 Å². The van der Waals surface area contributed by atoms with Crippen molar-refractivity contribution in [1.29, 1.82) is 0 Å². The zero-order chi connectivity index (χ0) is 24.2. The number of aromatic nitrogens is 2. The number of pyridine rings is 1. The standard InChI is InChI=1S/C25H16ClF3N2O3/c26-17-4-1-3-16(25(8-9-25)24(28)29)20(17)22(32)31-12-15(21-19(31)5-2-10-30-21)14-7-6-13(23(33)34)11-18(14)27/h1-7,10-12,24H,8-9H2,(H,33,34). The second-order valence-corrected chi connectivity index (χ2v) is 8.62. The molecule has 0 atom stereocenters. The molecule has 2 aromatic carbocycles. The van der Waals surface area contributed by atoms with E-state index < -0.39 is 29.5 Å². The van der Waals surface area contributed by atoms with Gasteiger partial charge in [-0.1, -0.05) is 29.8 Å². The molecular weight excluding hydrogens is 469 g/mol. The van der Waals surface area contributed by atoms with Gasteiger partial charge in [-0.2, -0.15) is 0 Å². The molecule has 0 amide bonds. The van der Waals surface area contributed by atoms with Gasteiger partial charge in [0, 0.05) is 23.5 Å². The summed E-state index contributed by atoms with van der Waals surface area (Å²) in [5.74, 6) is -2.72. The average Bonchev–Trinajstić information content (AvgIpc) is 3.54. The molecule has 4 aromatic rings. The molecule has 1 N–H and O–H groups in total. The summed E-state index contributed by atoms with van der Waals surface area (Å²) in [5, 5.41) is 9.15. The van der Waals surface area contributed by atoms with Gasteiger partial charge in [0.2, 0.25) is 6.43 Å². The Bertz CT molecular complexity index is 1480. The van der Waals surface area contributed by atoms with Crippen LogP contribution in [0.25, 0.3) is 22.2 Å². The maximum Gasteiger partial charge on any atom is 0.335 e. The average molecular weight is 485 g/mol. The summed E-state index contributed by atoms with van der Waals surface area (Å²) in [7, 11) is 0. The highest BCUT2D eigenvalue weighted by Gasteiger charge is 2.54. The van der Waals surface area contributed by atoms with Gasteiger partial charge in [-0.25, -0.2) is 18.0 Å². The number of hydrogen-bond acceptors (Lipinski definition) is 3. The predicted octanol–water partition coefficient (Wildman–Crippen LogP) is 6.18. The minimum absolute atomic E-state index is 0.0315. The van der Waals surface area contributed by atoms with E-state index in [2.05, 4.69) is 4.98 Å². The normalized spacial score (nSPS) is 14.5. The maximum atomic E-state index is 14.8. The second-order valence-electron chi connectivity index (χ2n) is 8.21.